The molecule has 0 aliphatic carbocycles. The van der Waals surface area contributed by atoms with Crippen LogP contribution in [0.1, 0.15) is 31.1 Å². The van der Waals surface area contributed by atoms with Crippen LogP contribution in [-0.2, 0) is 0 Å². The molecule has 0 spiro atoms. The zero-order valence-corrected chi connectivity index (χ0v) is 9.40. The molecular formula is C11H14F2N2O. The lowest BCUT2D eigenvalue weighted by atomic mass is 10.1. The SMILES string of the molecule is CC(C)(C)NC(=O)c1cc(F)c(N)c(F)c1. The molecule has 0 aliphatic heterocycles. The molecule has 16 heavy (non-hydrogen) atoms. The van der Waals surface area contributed by atoms with E-state index in [1.807, 2.05) is 0 Å². The molecule has 0 unspecified atom stereocenters. The quantitative estimate of drug-likeness (QED) is 0.723. The van der Waals surface area contributed by atoms with Crippen LogP contribution in [0.25, 0.3) is 0 Å². The second-order valence-electron chi connectivity index (χ2n) is 4.56. The number of carbonyl (C=O) groups is 1. The standard InChI is InChI=1S/C11H14F2N2O/c1-11(2,3)15-10(16)6-4-7(12)9(14)8(13)5-6/h4-5H,14H2,1-3H3,(H,15,16). The summed E-state index contributed by atoms with van der Waals surface area (Å²) in [7, 11) is 0. The molecule has 0 bridgehead atoms. The van der Waals surface area contributed by atoms with E-state index in [9.17, 15) is 13.6 Å². The Kier molecular flexibility index (Phi) is 3.16. The van der Waals surface area contributed by atoms with Crippen LogP contribution in [0.2, 0.25) is 0 Å². The summed E-state index contributed by atoms with van der Waals surface area (Å²) in [6, 6.07) is 1.83. The molecule has 1 aromatic carbocycles. The normalized spacial score (nSPS) is 11.3. The second kappa shape index (κ2) is 4.08. The van der Waals surface area contributed by atoms with Crippen LogP contribution in [0, 0.1) is 11.6 Å². The molecule has 0 aliphatic rings. The zero-order valence-electron chi connectivity index (χ0n) is 9.40. The van der Waals surface area contributed by atoms with Crippen molar-refractivity contribution in [3.63, 3.8) is 0 Å². The minimum Gasteiger partial charge on any atom is -0.394 e. The highest BCUT2D eigenvalue weighted by Gasteiger charge is 2.18. The van der Waals surface area contributed by atoms with Gasteiger partial charge in [-0.05, 0) is 32.9 Å². The molecule has 5 heteroatoms. The number of halogens is 2. The molecule has 3 N–H and O–H groups in total. The van der Waals surface area contributed by atoms with Gasteiger partial charge in [-0.25, -0.2) is 8.78 Å². The van der Waals surface area contributed by atoms with Crippen LogP contribution < -0.4 is 11.1 Å². The van der Waals surface area contributed by atoms with Crippen molar-refractivity contribution >= 4 is 11.6 Å². The first-order chi connectivity index (χ1) is 7.20. The monoisotopic (exact) mass is 228 g/mol. The fourth-order valence-electron chi connectivity index (χ4n) is 1.13. The largest absolute Gasteiger partial charge is 0.394 e. The molecular weight excluding hydrogens is 214 g/mol. The third kappa shape index (κ3) is 2.92. The van der Waals surface area contributed by atoms with Crippen molar-refractivity contribution in [3.05, 3.63) is 29.3 Å². The van der Waals surface area contributed by atoms with Crippen LogP contribution in [0.15, 0.2) is 12.1 Å². The lowest BCUT2D eigenvalue weighted by Crippen LogP contribution is -2.40. The van der Waals surface area contributed by atoms with Gasteiger partial charge in [-0.3, -0.25) is 4.79 Å². The van der Waals surface area contributed by atoms with Crippen molar-refractivity contribution in [2.45, 2.75) is 26.3 Å². The molecule has 0 atom stereocenters. The average Bonchev–Trinajstić information content (AvgIpc) is 2.10. The summed E-state index contributed by atoms with van der Waals surface area (Å²) in [5.74, 6) is -2.40. The second-order valence-corrected chi connectivity index (χ2v) is 4.56. The van der Waals surface area contributed by atoms with Crippen LogP contribution in [0.4, 0.5) is 14.5 Å². The van der Waals surface area contributed by atoms with Gasteiger partial charge in [-0.2, -0.15) is 0 Å². The van der Waals surface area contributed by atoms with E-state index in [1.165, 1.54) is 0 Å². The predicted molar refractivity (Wildman–Crippen MR) is 58.0 cm³/mol. The third-order valence-electron chi connectivity index (χ3n) is 1.83. The van der Waals surface area contributed by atoms with Gasteiger partial charge >= 0.3 is 0 Å². The molecule has 0 radical (unpaired) electrons. The predicted octanol–water partition coefficient (Wildman–Crippen LogP) is 2.08. The van der Waals surface area contributed by atoms with E-state index in [-0.39, 0.29) is 5.56 Å². The van der Waals surface area contributed by atoms with Crippen molar-refractivity contribution in [2.24, 2.45) is 0 Å². The average molecular weight is 228 g/mol. The highest BCUT2D eigenvalue weighted by atomic mass is 19.1. The smallest absolute Gasteiger partial charge is 0.251 e. The van der Waals surface area contributed by atoms with Gasteiger partial charge in [0.25, 0.3) is 5.91 Å². The van der Waals surface area contributed by atoms with E-state index >= 15 is 0 Å². The van der Waals surface area contributed by atoms with Gasteiger partial charge in [0.1, 0.15) is 17.3 Å². The van der Waals surface area contributed by atoms with E-state index < -0.39 is 28.8 Å². The van der Waals surface area contributed by atoms with E-state index in [1.54, 1.807) is 20.8 Å². The van der Waals surface area contributed by atoms with Crippen molar-refractivity contribution in [3.8, 4) is 0 Å². The summed E-state index contributed by atoms with van der Waals surface area (Å²) in [5.41, 5.74) is 3.97. The summed E-state index contributed by atoms with van der Waals surface area (Å²) >= 11 is 0. The maximum Gasteiger partial charge on any atom is 0.251 e. The first-order valence-electron chi connectivity index (χ1n) is 4.78. The van der Waals surface area contributed by atoms with E-state index in [4.69, 9.17) is 5.73 Å². The summed E-state index contributed by atoms with van der Waals surface area (Å²) in [6.07, 6.45) is 0. The number of nitrogen functional groups attached to an aromatic ring is 1. The Balaban J connectivity index is 3.02. The molecule has 0 heterocycles. The summed E-state index contributed by atoms with van der Waals surface area (Å²) in [4.78, 5) is 11.6. The number of amides is 1. The number of hydrogen-bond acceptors (Lipinski definition) is 2. The Hall–Kier alpha value is -1.65. The van der Waals surface area contributed by atoms with Gasteiger partial charge in [0.2, 0.25) is 0 Å². The summed E-state index contributed by atoms with van der Waals surface area (Å²) < 4.78 is 26.2. The van der Waals surface area contributed by atoms with Gasteiger partial charge in [0.15, 0.2) is 0 Å². The van der Waals surface area contributed by atoms with Gasteiger partial charge in [-0.1, -0.05) is 0 Å². The highest BCUT2D eigenvalue weighted by molar-refractivity contribution is 5.95. The lowest BCUT2D eigenvalue weighted by Gasteiger charge is -2.20. The molecule has 88 valence electrons. The van der Waals surface area contributed by atoms with Gasteiger partial charge in [-0.15, -0.1) is 0 Å². The molecule has 1 amide bonds. The molecule has 1 aromatic rings. The fourth-order valence-corrected chi connectivity index (χ4v) is 1.13. The van der Waals surface area contributed by atoms with E-state index in [0.717, 1.165) is 12.1 Å². The number of carbonyl (C=O) groups excluding carboxylic acids is 1. The van der Waals surface area contributed by atoms with Gasteiger partial charge in [0.05, 0.1) is 0 Å². The molecule has 0 saturated heterocycles. The maximum atomic E-state index is 13.1. The maximum absolute atomic E-state index is 13.1. The van der Waals surface area contributed by atoms with Crippen molar-refractivity contribution in [2.75, 3.05) is 5.73 Å². The first kappa shape index (κ1) is 12.4. The topological polar surface area (TPSA) is 55.1 Å². The first-order valence-corrected chi connectivity index (χ1v) is 4.78. The number of rotatable bonds is 1. The Labute approximate surface area is 92.6 Å². The molecule has 0 aromatic heterocycles. The number of hydrogen-bond donors (Lipinski definition) is 2. The van der Waals surface area contributed by atoms with Crippen LogP contribution >= 0.6 is 0 Å². The highest BCUT2D eigenvalue weighted by Crippen LogP contribution is 2.17. The van der Waals surface area contributed by atoms with Crippen molar-refractivity contribution < 1.29 is 13.6 Å². The Morgan fingerprint density at radius 2 is 1.69 bits per heavy atom. The fraction of sp³-hybridized carbons (Fsp3) is 0.364. The number of benzene rings is 1. The minimum absolute atomic E-state index is 0.0841. The van der Waals surface area contributed by atoms with Gasteiger partial charge in [0, 0.05) is 11.1 Å². The summed E-state index contributed by atoms with van der Waals surface area (Å²) in [5, 5.41) is 2.60. The molecule has 3 nitrogen and oxygen atoms in total. The Morgan fingerprint density at radius 1 is 1.25 bits per heavy atom. The van der Waals surface area contributed by atoms with Crippen LogP contribution in [-0.4, -0.2) is 11.4 Å². The Morgan fingerprint density at radius 3 is 2.06 bits per heavy atom. The van der Waals surface area contributed by atoms with Gasteiger partial charge < -0.3 is 11.1 Å². The summed E-state index contributed by atoms with van der Waals surface area (Å²) in [6.45, 7) is 5.32. The van der Waals surface area contributed by atoms with Crippen molar-refractivity contribution in [1.29, 1.82) is 0 Å². The van der Waals surface area contributed by atoms with E-state index in [0.29, 0.717) is 0 Å². The molecule has 0 fully saturated rings. The number of nitrogens with one attached hydrogen (secondary N) is 1. The van der Waals surface area contributed by atoms with E-state index in [2.05, 4.69) is 5.32 Å². The van der Waals surface area contributed by atoms with Crippen LogP contribution in [0.3, 0.4) is 0 Å². The minimum atomic E-state index is -0.931. The molecule has 1 rings (SSSR count). The molecule has 0 saturated carbocycles. The number of nitrogens with two attached hydrogens (primary N) is 1. The Bertz CT molecular complexity index is 401. The van der Waals surface area contributed by atoms with Crippen molar-refractivity contribution in [1.82, 2.24) is 5.32 Å². The zero-order chi connectivity index (χ0) is 12.5. The van der Waals surface area contributed by atoms with Crippen LogP contribution in [0.5, 0.6) is 0 Å². The third-order valence-corrected chi connectivity index (χ3v) is 1.83. The number of anilines is 1. The lowest BCUT2D eigenvalue weighted by molar-refractivity contribution is 0.0918.